The molecule has 5 nitrogen and oxygen atoms in total. The standard InChI is InChI=1S/C23H25ClN4O/c1-4-14-13-26-22(28-21(14)27-19-12-20(29)23(19,2)3)25-10-9-15-5-6-16-11-17(24)7-8-18(15)16/h1,5,7-8,11,13,19-20,29H,6,9-10,12H2,2-3H3,(H2,25,26,27,28)/t19-,20+/m1/s1. The Balaban J connectivity index is 1.40. The summed E-state index contributed by atoms with van der Waals surface area (Å²) in [5.74, 6) is 3.81. The summed E-state index contributed by atoms with van der Waals surface area (Å²) in [5, 5.41) is 17.4. The molecule has 0 saturated heterocycles. The number of aliphatic hydroxyl groups is 1. The maximum absolute atomic E-state index is 9.97. The van der Waals surface area contributed by atoms with Crippen LogP contribution in [-0.4, -0.2) is 33.8 Å². The number of rotatable bonds is 6. The molecule has 0 unspecified atom stereocenters. The van der Waals surface area contributed by atoms with Crippen LogP contribution in [0, 0.1) is 17.8 Å². The monoisotopic (exact) mass is 408 g/mol. The highest BCUT2D eigenvalue weighted by molar-refractivity contribution is 6.30. The van der Waals surface area contributed by atoms with Crippen molar-refractivity contribution in [2.24, 2.45) is 5.41 Å². The molecule has 6 heteroatoms. The van der Waals surface area contributed by atoms with Gasteiger partial charge in [0.05, 0.1) is 17.9 Å². The Hall–Kier alpha value is -2.55. The van der Waals surface area contributed by atoms with Crippen molar-refractivity contribution in [3.63, 3.8) is 0 Å². The van der Waals surface area contributed by atoms with Gasteiger partial charge in [0.2, 0.25) is 5.95 Å². The van der Waals surface area contributed by atoms with Gasteiger partial charge in [0.15, 0.2) is 0 Å². The quantitative estimate of drug-likeness (QED) is 0.627. The topological polar surface area (TPSA) is 70.1 Å². The van der Waals surface area contributed by atoms with E-state index in [2.05, 4.69) is 38.7 Å². The summed E-state index contributed by atoms with van der Waals surface area (Å²) in [6.45, 7) is 4.79. The van der Waals surface area contributed by atoms with E-state index in [1.54, 1.807) is 6.20 Å². The molecule has 2 aromatic rings. The predicted molar refractivity (Wildman–Crippen MR) is 118 cm³/mol. The van der Waals surface area contributed by atoms with Crippen molar-refractivity contribution in [1.29, 1.82) is 0 Å². The molecule has 29 heavy (non-hydrogen) atoms. The zero-order valence-electron chi connectivity index (χ0n) is 16.7. The zero-order valence-corrected chi connectivity index (χ0v) is 17.4. The second-order valence-corrected chi connectivity index (χ2v) is 8.72. The first-order chi connectivity index (χ1) is 13.9. The van der Waals surface area contributed by atoms with Gasteiger partial charge in [0.1, 0.15) is 5.82 Å². The second-order valence-electron chi connectivity index (χ2n) is 8.28. The molecule has 2 atom stereocenters. The molecule has 150 valence electrons. The van der Waals surface area contributed by atoms with Crippen LogP contribution in [0.1, 0.15) is 43.4 Å². The van der Waals surface area contributed by atoms with Crippen molar-refractivity contribution in [1.82, 2.24) is 9.97 Å². The van der Waals surface area contributed by atoms with Crippen molar-refractivity contribution in [3.8, 4) is 12.3 Å². The Morgan fingerprint density at radius 2 is 2.21 bits per heavy atom. The largest absolute Gasteiger partial charge is 0.392 e. The molecule has 4 rings (SSSR count). The first kappa shape index (κ1) is 19.8. The summed E-state index contributed by atoms with van der Waals surface area (Å²) in [6.07, 6.45) is 11.7. The smallest absolute Gasteiger partial charge is 0.224 e. The van der Waals surface area contributed by atoms with Crippen molar-refractivity contribution in [2.75, 3.05) is 17.2 Å². The van der Waals surface area contributed by atoms with Crippen molar-refractivity contribution in [2.45, 2.75) is 45.3 Å². The van der Waals surface area contributed by atoms with Gasteiger partial charge in [-0.2, -0.15) is 4.98 Å². The van der Waals surface area contributed by atoms with E-state index >= 15 is 0 Å². The van der Waals surface area contributed by atoms with Crippen LogP contribution < -0.4 is 10.6 Å². The van der Waals surface area contributed by atoms with E-state index in [0.29, 0.717) is 23.8 Å². The van der Waals surface area contributed by atoms with Gasteiger partial charge in [-0.05, 0) is 48.1 Å². The fourth-order valence-electron chi connectivity index (χ4n) is 3.93. The van der Waals surface area contributed by atoms with E-state index in [1.165, 1.54) is 16.7 Å². The van der Waals surface area contributed by atoms with E-state index in [-0.39, 0.29) is 17.6 Å². The number of benzene rings is 1. The highest BCUT2D eigenvalue weighted by atomic mass is 35.5. The van der Waals surface area contributed by atoms with Crippen LogP contribution >= 0.6 is 11.6 Å². The number of terminal acetylenes is 1. The summed E-state index contributed by atoms with van der Waals surface area (Å²) in [5.41, 5.74) is 4.27. The number of allylic oxidation sites excluding steroid dienone is 1. The summed E-state index contributed by atoms with van der Waals surface area (Å²) in [6, 6.07) is 6.18. The molecule has 1 aromatic heterocycles. The highest BCUT2D eigenvalue weighted by Crippen LogP contribution is 2.42. The van der Waals surface area contributed by atoms with Crippen LogP contribution in [0.15, 0.2) is 30.5 Å². The minimum Gasteiger partial charge on any atom is -0.392 e. The molecule has 1 fully saturated rings. The van der Waals surface area contributed by atoms with Crippen LogP contribution in [0.25, 0.3) is 5.57 Å². The van der Waals surface area contributed by atoms with E-state index in [9.17, 15) is 5.11 Å². The Morgan fingerprint density at radius 3 is 2.93 bits per heavy atom. The third-order valence-corrected chi connectivity index (χ3v) is 6.37. The number of fused-ring (bicyclic) bond motifs is 1. The van der Waals surface area contributed by atoms with Gasteiger partial charge >= 0.3 is 0 Å². The molecule has 1 saturated carbocycles. The summed E-state index contributed by atoms with van der Waals surface area (Å²) in [7, 11) is 0. The lowest BCUT2D eigenvalue weighted by atomic mass is 9.64. The molecule has 0 bridgehead atoms. The lowest BCUT2D eigenvalue weighted by Gasteiger charge is -2.49. The van der Waals surface area contributed by atoms with Crippen LogP contribution in [0.3, 0.4) is 0 Å². The van der Waals surface area contributed by atoms with Gasteiger partial charge in [-0.1, -0.05) is 43.5 Å². The average molecular weight is 409 g/mol. The van der Waals surface area contributed by atoms with Crippen LogP contribution in [0.4, 0.5) is 11.8 Å². The minimum atomic E-state index is -0.314. The van der Waals surface area contributed by atoms with Gasteiger partial charge in [0.25, 0.3) is 0 Å². The van der Waals surface area contributed by atoms with Crippen LogP contribution in [0.2, 0.25) is 5.02 Å². The van der Waals surface area contributed by atoms with Crippen LogP contribution in [-0.2, 0) is 6.42 Å². The number of aliphatic hydroxyl groups excluding tert-OH is 1. The van der Waals surface area contributed by atoms with E-state index in [4.69, 9.17) is 18.0 Å². The second kappa shape index (κ2) is 7.70. The molecule has 2 aliphatic carbocycles. The number of nitrogens with one attached hydrogen (secondary N) is 2. The van der Waals surface area contributed by atoms with Crippen molar-refractivity contribution in [3.05, 3.63) is 52.2 Å². The minimum absolute atomic E-state index is 0.124. The Labute approximate surface area is 176 Å². The first-order valence-electron chi connectivity index (χ1n) is 9.88. The van der Waals surface area contributed by atoms with E-state index in [1.807, 2.05) is 26.0 Å². The lowest BCUT2D eigenvalue weighted by molar-refractivity contribution is -0.0511. The molecular formula is C23H25ClN4O. The van der Waals surface area contributed by atoms with Gasteiger partial charge in [-0.25, -0.2) is 4.98 Å². The number of hydrogen-bond donors (Lipinski definition) is 3. The van der Waals surface area contributed by atoms with E-state index < -0.39 is 0 Å². The maximum atomic E-state index is 9.97. The van der Waals surface area contributed by atoms with Crippen molar-refractivity contribution < 1.29 is 5.11 Å². The third kappa shape index (κ3) is 3.83. The average Bonchev–Trinajstić information content (AvgIpc) is 3.10. The third-order valence-electron chi connectivity index (χ3n) is 6.13. The maximum Gasteiger partial charge on any atom is 0.224 e. The Morgan fingerprint density at radius 1 is 1.38 bits per heavy atom. The zero-order chi connectivity index (χ0) is 20.6. The van der Waals surface area contributed by atoms with Crippen LogP contribution in [0.5, 0.6) is 0 Å². The molecule has 1 heterocycles. The Kier molecular flexibility index (Phi) is 5.24. The molecular weight excluding hydrogens is 384 g/mol. The molecule has 0 radical (unpaired) electrons. The normalized spacial score (nSPS) is 21.6. The summed E-state index contributed by atoms with van der Waals surface area (Å²) < 4.78 is 0. The van der Waals surface area contributed by atoms with E-state index in [0.717, 1.165) is 24.4 Å². The SMILES string of the molecule is C#Cc1cnc(NCCC2=CCc3cc(Cl)ccc32)nc1N[C@@H]1C[C@H](O)C1(C)C. The fourth-order valence-corrected chi connectivity index (χ4v) is 4.12. The molecule has 0 aliphatic heterocycles. The number of halogens is 1. The molecule has 2 aliphatic rings. The Bertz CT molecular complexity index is 1010. The first-order valence-corrected chi connectivity index (χ1v) is 10.3. The molecule has 1 aromatic carbocycles. The van der Waals surface area contributed by atoms with Crippen molar-refractivity contribution >= 4 is 28.9 Å². The van der Waals surface area contributed by atoms with Gasteiger partial charge in [-0.3, -0.25) is 0 Å². The molecule has 0 amide bonds. The predicted octanol–water partition coefficient (Wildman–Crippen LogP) is 4.12. The van der Waals surface area contributed by atoms with Gasteiger partial charge in [0, 0.05) is 23.0 Å². The molecule has 0 spiro atoms. The summed E-state index contributed by atoms with van der Waals surface area (Å²) >= 11 is 6.09. The fraction of sp³-hybridized carbons (Fsp3) is 0.391. The number of aromatic nitrogens is 2. The number of anilines is 2. The number of nitrogens with zero attached hydrogens (tertiary/aromatic N) is 2. The lowest BCUT2D eigenvalue weighted by Crippen LogP contribution is -2.57. The van der Waals surface area contributed by atoms with Gasteiger partial charge in [-0.15, -0.1) is 6.42 Å². The van der Waals surface area contributed by atoms with Gasteiger partial charge < -0.3 is 15.7 Å². The highest BCUT2D eigenvalue weighted by Gasteiger charge is 2.47. The molecule has 3 N–H and O–H groups in total. The number of hydrogen-bond acceptors (Lipinski definition) is 5. The summed E-state index contributed by atoms with van der Waals surface area (Å²) in [4.78, 5) is 8.92.